The summed E-state index contributed by atoms with van der Waals surface area (Å²) in [6, 6.07) is 0. The van der Waals surface area contributed by atoms with Crippen molar-refractivity contribution in [2.24, 2.45) is 0 Å². The van der Waals surface area contributed by atoms with Crippen molar-refractivity contribution in [1.82, 2.24) is 0 Å². The van der Waals surface area contributed by atoms with Crippen molar-refractivity contribution in [2.75, 3.05) is 0 Å². The van der Waals surface area contributed by atoms with Crippen LogP contribution >= 0.6 is 0 Å². The van der Waals surface area contributed by atoms with Crippen molar-refractivity contribution in [3.05, 3.63) is 0 Å². The summed E-state index contributed by atoms with van der Waals surface area (Å²) in [5, 5.41) is 0. The van der Waals surface area contributed by atoms with Crippen LogP contribution in [0.3, 0.4) is 0 Å². The number of halogens is 1. The van der Waals surface area contributed by atoms with E-state index in [0.717, 1.165) is 0 Å². The first kappa shape index (κ1) is 22.5. The van der Waals surface area contributed by atoms with Crippen LogP contribution in [0.4, 0.5) is 4.70 Å². The number of hydrogen-bond acceptors (Lipinski definition) is 4. The topological polar surface area (TPSA) is 80.9 Å². The molecule has 0 aromatic carbocycles. The maximum atomic E-state index is 7.33. The first-order chi connectivity index (χ1) is 2.00. The van der Waals surface area contributed by atoms with Crippen molar-refractivity contribution < 1.29 is 26.7 Å². The third kappa shape index (κ3) is 93.1. The molecular formula is H10AlBaFO4Si. The molecule has 0 bridgehead atoms. The standard InChI is InChI=1S/Al.Ba.FH.H4O4Si.5H/c;;;1-5(2,3)4;;;;;/h;;1H;1-4H;;;;;/q;+2;;;;;;2*-1. The van der Waals surface area contributed by atoms with E-state index in [1.54, 1.807) is 0 Å². The second-order valence-corrected chi connectivity index (χ2v) is 1.80. The van der Waals surface area contributed by atoms with Crippen LogP contribution in [-0.2, 0) is 0 Å². The molecule has 0 aliphatic heterocycles. The summed E-state index contributed by atoms with van der Waals surface area (Å²) in [5.74, 6) is 0. The summed E-state index contributed by atoms with van der Waals surface area (Å²) in [5.41, 5.74) is 0. The smallest absolute Gasteiger partial charge is 1.00 e. The summed E-state index contributed by atoms with van der Waals surface area (Å²) in [6.45, 7) is 0. The van der Waals surface area contributed by atoms with Gasteiger partial charge in [-0.1, -0.05) is 0 Å². The van der Waals surface area contributed by atoms with Crippen molar-refractivity contribution in [3.8, 4) is 0 Å². The molecule has 0 fully saturated rings. The maximum Gasteiger partial charge on any atom is 2.00 e. The molecule has 50 valence electrons. The van der Waals surface area contributed by atoms with Crippen molar-refractivity contribution in [2.45, 2.75) is 0 Å². The van der Waals surface area contributed by atoms with Gasteiger partial charge in [-0.25, -0.2) is 0 Å². The van der Waals surface area contributed by atoms with Gasteiger partial charge in [0.1, 0.15) is 0 Å². The van der Waals surface area contributed by atoms with Gasteiger partial charge >= 0.3 is 57.9 Å². The second kappa shape index (κ2) is 9.09. The molecule has 0 spiro atoms. The Balaban J connectivity index is -0.00000000800. The fourth-order valence-corrected chi connectivity index (χ4v) is 0. The molecule has 0 saturated heterocycles. The predicted molar refractivity (Wildman–Crippen MR) is 35.0 cm³/mol. The molecule has 0 aliphatic carbocycles. The SMILES string of the molecule is F.O[Si](O)(O)O.[AlH3].[Ba+2].[H-].[H-]. The van der Waals surface area contributed by atoms with Gasteiger partial charge in [0.05, 0.1) is 0 Å². The zero-order valence-electron chi connectivity index (χ0n) is 5.40. The number of hydrogen-bond donors (Lipinski definition) is 4. The summed E-state index contributed by atoms with van der Waals surface area (Å²) in [6.07, 6.45) is 0. The third-order valence-corrected chi connectivity index (χ3v) is 0. The average Bonchev–Trinajstić information content (AvgIpc) is 0.722. The van der Waals surface area contributed by atoms with E-state index >= 15 is 0 Å². The zero-order chi connectivity index (χ0) is 4.50. The molecule has 4 N–H and O–H groups in total. The van der Waals surface area contributed by atoms with Crippen LogP contribution in [0.5, 0.6) is 0 Å². The first-order valence-electron chi connectivity index (χ1n) is 0.894. The molecule has 0 aromatic heterocycles. The van der Waals surface area contributed by atoms with Gasteiger partial charge in [0.2, 0.25) is 0 Å². The molecule has 0 aromatic rings. The predicted octanol–water partition coefficient (Wildman–Crippen LogP) is -3.80. The number of rotatable bonds is 0. The Hall–Kier alpha value is 2.09. The van der Waals surface area contributed by atoms with Gasteiger partial charge in [-0.3, -0.25) is 4.70 Å². The van der Waals surface area contributed by atoms with E-state index in [-0.39, 0.29) is 73.8 Å². The zero-order valence-corrected chi connectivity index (χ0v) is 8.84. The molecule has 0 atom stereocenters. The minimum Gasteiger partial charge on any atom is -1.00 e. The van der Waals surface area contributed by atoms with E-state index in [0.29, 0.717) is 0 Å². The van der Waals surface area contributed by atoms with Crippen molar-refractivity contribution >= 4 is 75.3 Å². The molecule has 0 amide bonds. The summed E-state index contributed by atoms with van der Waals surface area (Å²) in [4.78, 5) is 29.3. The van der Waals surface area contributed by atoms with Crippen molar-refractivity contribution in [1.29, 1.82) is 0 Å². The fourth-order valence-electron chi connectivity index (χ4n) is 0. The van der Waals surface area contributed by atoms with E-state index < -0.39 is 9.05 Å². The monoisotopic (exact) mass is 286 g/mol. The molecule has 8 heavy (non-hydrogen) atoms. The molecule has 0 radical (unpaired) electrons. The summed E-state index contributed by atoms with van der Waals surface area (Å²) >= 11 is 0. The van der Waals surface area contributed by atoms with Gasteiger partial charge in [-0.05, 0) is 0 Å². The van der Waals surface area contributed by atoms with Crippen molar-refractivity contribution in [3.63, 3.8) is 0 Å². The van der Waals surface area contributed by atoms with Crippen LogP contribution in [0.15, 0.2) is 0 Å². The average molecular weight is 285 g/mol. The van der Waals surface area contributed by atoms with Gasteiger partial charge in [0.25, 0.3) is 0 Å². The molecule has 0 aliphatic rings. The van der Waals surface area contributed by atoms with Crippen LogP contribution in [0.25, 0.3) is 0 Å². The van der Waals surface area contributed by atoms with Gasteiger partial charge in [0, 0.05) is 0 Å². The Labute approximate surface area is 101 Å². The first-order valence-corrected chi connectivity index (χ1v) is 2.68. The third-order valence-electron chi connectivity index (χ3n) is 0. The summed E-state index contributed by atoms with van der Waals surface area (Å²) in [7, 11) is -4.61. The molecule has 0 unspecified atom stereocenters. The van der Waals surface area contributed by atoms with Crippen LogP contribution in [0.1, 0.15) is 2.85 Å². The van der Waals surface area contributed by atoms with E-state index in [4.69, 9.17) is 19.2 Å². The largest absolute Gasteiger partial charge is 2.00 e. The Morgan fingerprint density at radius 1 is 1.00 bits per heavy atom. The molecule has 0 rings (SSSR count). The Bertz CT molecular complexity index is 38.7. The maximum absolute atomic E-state index is 7.33. The van der Waals surface area contributed by atoms with E-state index in [1.165, 1.54) is 0 Å². The van der Waals surface area contributed by atoms with Crippen LogP contribution in [0.2, 0.25) is 0 Å². The molecule has 0 saturated carbocycles. The molecular weight excluding hydrogens is 275 g/mol. The van der Waals surface area contributed by atoms with Crippen LogP contribution in [0, 0.1) is 0 Å². The Kier molecular flexibility index (Phi) is 25.5. The minimum absolute atomic E-state index is 0. The molecule has 4 nitrogen and oxygen atoms in total. The van der Waals surface area contributed by atoms with Gasteiger partial charge in [-0.2, -0.15) is 0 Å². The van der Waals surface area contributed by atoms with Gasteiger partial charge in [0.15, 0.2) is 17.4 Å². The summed E-state index contributed by atoms with van der Waals surface area (Å²) < 4.78 is 0. The molecule has 0 heterocycles. The van der Waals surface area contributed by atoms with E-state index in [9.17, 15) is 0 Å². The van der Waals surface area contributed by atoms with Crippen LogP contribution in [-0.4, -0.2) is 94.5 Å². The van der Waals surface area contributed by atoms with E-state index in [1.807, 2.05) is 0 Å². The van der Waals surface area contributed by atoms with Crippen LogP contribution < -0.4 is 0 Å². The minimum atomic E-state index is -4.61. The van der Waals surface area contributed by atoms with Gasteiger partial charge < -0.3 is 22.0 Å². The fraction of sp³-hybridized carbons (Fsp3) is 0. The Morgan fingerprint density at radius 2 is 1.00 bits per heavy atom. The van der Waals surface area contributed by atoms with Gasteiger partial charge in [-0.15, -0.1) is 0 Å². The molecule has 8 heteroatoms. The van der Waals surface area contributed by atoms with E-state index in [2.05, 4.69) is 0 Å². The second-order valence-electron chi connectivity index (χ2n) is 0.600. The Morgan fingerprint density at radius 3 is 1.00 bits per heavy atom. The normalized spacial score (nSPS) is 7.50. The quantitative estimate of drug-likeness (QED) is 0.344.